The number of rotatable bonds is 2. The number of carbonyl (C=O) groups is 1. The van der Waals surface area contributed by atoms with Gasteiger partial charge in [-0.3, -0.25) is 4.79 Å². The molecule has 0 bridgehead atoms. The summed E-state index contributed by atoms with van der Waals surface area (Å²) in [5.74, 6) is 0.111. The van der Waals surface area contributed by atoms with Gasteiger partial charge in [0, 0.05) is 11.7 Å². The van der Waals surface area contributed by atoms with E-state index < -0.39 is 0 Å². The highest BCUT2D eigenvalue weighted by Crippen LogP contribution is 2.34. The van der Waals surface area contributed by atoms with Gasteiger partial charge in [0.05, 0.1) is 10.6 Å². The maximum absolute atomic E-state index is 11.8. The van der Waals surface area contributed by atoms with Crippen molar-refractivity contribution in [3.8, 4) is 0 Å². The van der Waals surface area contributed by atoms with Gasteiger partial charge in [-0.1, -0.05) is 11.6 Å². The molecule has 0 aromatic carbocycles. The molecule has 1 aromatic heterocycles. The van der Waals surface area contributed by atoms with E-state index in [1.165, 1.54) is 12.3 Å². The number of nitrogen functional groups attached to an aromatic ring is 1. The molecular weight excluding hydrogens is 214 g/mol. The van der Waals surface area contributed by atoms with E-state index in [1.807, 2.05) is 6.92 Å². The van der Waals surface area contributed by atoms with Crippen LogP contribution in [-0.2, 0) is 0 Å². The maximum Gasteiger partial charge on any atom is 0.253 e. The van der Waals surface area contributed by atoms with Crippen molar-refractivity contribution < 1.29 is 4.79 Å². The van der Waals surface area contributed by atoms with E-state index in [0.29, 0.717) is 16.4 Å². The van der Waals surface area contributed by atoms with Crippen LogP contribution in [0.3, 0.4) is 0 Å². The lowest BCUT2D eigenvalue weighted by molar-refractivity contribution is 0.0935. The second-order valence-corrected chi connectivity index (χ2v) is 4.51. The molecule has 1 heterocycles. The number of carbonyl (C=O) groups excluding carboxylic acids is 1. The molecule has 3 N–H and O–H groups in total. The molecule has 0 spiro atoms. The number of nitrogens with one attached hydrogen (secondary N) is 1. The van der Waals surface area contributed by atoms with Crippen molar-refractivity contribution in [3.63, 3.8) is 0 Å². The Kier molecular flexibility index (Phi) is 2.31. The van der Waals surface area contributed by atoms with Crippen molar-refractivity contribution in [2.24, 2.45) is 0 Å². The van der Waals surface area contributed by atoms with E-state index in [2.05, 4.69) is 10.3 Å². The summed E-state index contributed by atoms with van der Waals surface area (Å²) in [6.45, 7) is 2.00. The van der Waals surface area contributed by atoms with Gasteiger partial charge in [0.2, 0.25) is 0 Å². The monoisotopic (exact) mass is 225 g/mol. The van der Waals surface area contributed by atoms with Crippen molar-refractivity contribution in [2.45, 2.75) is 25.3 Å². The summed E-state index contributed by atoms with van der Waals surface area (Å²) >= 11 is 5.86. The van der Waals surface area contributed by atoms with Gasteiger partial charge in [-0.25, -0.2) is 4.98 Å². The predicted octanol–water partition coefficient (Wildman–Crippen LogP) is 1.60. The maximum atomic E-state index is 11.8. The molecular formula is C10H12ClN3O. The third-order valence-corrected chi connectivity index (χ3v) is 2.84. The predicted molar refractivity (Wildman–Crippen MR) is 58.8 cm³/mol. The molecule has 15 heavy (non-hydrogen) atoms. The number of anilines is 1. The fourth-order valence-electron chi connectivity index (χ4n) is 1.28. The van der Waals surface area contributed by atoms with Crippen molar-refractivity contribution in [3.05, 3.63) is 22.8 Å². The van der Waals surface area contributed by atoms with Gasteiger partial charge in [-0.2, -0.15) is 0 Å². The van der Waals surface area contributed by atoms with Crippen LogP contribution in [0.5, 0.6) is 0 Å². The molecule has 2 rings (SSSR count). The Morgan fingerprint density at radius 3 is 2.93 bits per heavy atom. The molecule has 0 aliphatic heterocycles. The second kappa shape index (κ2) is 3.38. The number of hydrogen-bond acceptors (Lipinski definition) is 3. The molecule has 1 fully saturated rings. The van der Waals surface area contributed by atoms with Gasteiger partial charge in [-0.05, 0) is 25.8 Å². The van der Waals surface area contributed by atoms with E-state index in [1.54, 1.807) is 0 Å². The average Bonchev–Trinajstić information content (AvgIpc) is 2.87. The first-order chi connectivity index (χ1) is 7.00. The van der Waals surface area contributed by atoms with E-state index in [-0.39, 0.29) is 11.4 Å². The van der Waals surface area contributed by atoms with Crippen LogP contribution in [0.1, 0.15) is 30.1 Å². The van der Waals surface area contributed by atoms with Crippen LogP contribution >= 0.6 is 11.6 Å². The van der Waals surface area contributed by atoms with Crippen LogP contribution < -0.4 is 11.1 Å². The second-order valence-electron chi connectivity index (χ2n) is 4.10. The van der Waals surface area contributed by atoms with Gasteiger partial charge in [0.25, 0.3) is 5.91 Å². The zero-order valence-corrected chi connectivity index (χ0v) is 9.14. The van der Waals surface area contributed by atoms with Crippen LogP contribution in [0.2, 0.25) is 5.02 Å². The largest absolute Gasteiger partial charge is 0.384 e. The van der Waals surface area contributed by atoms with Gasteiger partial charge in [0.15, 0.2) is 0 Å². The molecule has 0 radical (unpaired) electrons. The molecule has 0 saturated heterocycles. The first-order valence-corrected chi connectivity index (χ1v) is 5.11. The van der Waals surface area contributed by atoms with Crippen LogP contribution in [0.4, 0.5) is 5.82 Å². The molecule has 0 atom stereocenters. The Balaban J connectivity index is 2.21. The molecule has 1 aliphatic carbocycles. The van der Waals surface area contributed by atoms with Crippen molar-refractivity contribution >= 4 is 23.3 Å². The minimum Gasteiger partial charge on any atom is -0.384 e. The third-order valence-electron chi connectivity index (χ3n) is 2.54. The van der Waals surface area contributed by atoms with Crippen LogP contribution in [0.25, 0.3) is 0 Å². The van der Waals surface area contributed by atoms with Gasteiger partial charge in [0.1, 0.15) is 5.82 Å². The highest BCUT2D eigenvalue weighted by molar-refractivity contribution is 6.33. The molecule has 1 aliphatic rings. The Morgan fingerprint density at radius 2 is 2.33 bits per heavy atom. The summed E-state index contributed by atoms with van der Waals surface area (Å²) in [5, 5.41) is 3.23. The topological polar surface area (TPSA) is 68.0 Å². The summed E-state index contributed by atoms with van der Waals surface area (Å²) in [5.41, 5.74) is 5.82. The van der Waals surface area contributed by atoms with E-state index in [4.69, 9.17) is 17.3 Å². The van der Waals surface area contributed by atoms with Gasteiger partial charge in [-0.15, -0.1) is 0 Å². The fraction of sp³-hybridized carbons (Fsp3) is 0.400. The van der Waals surface area contributed by atoms with Crippen molar-refractivity contribution in [1.82, 2.24) is 10.3 Å². The fourth-order valence-corrected chi connectivity index (χ4v) is 1.47. The quantitative estimate of drug-likeness (QED) is 0.804. The zero-order valence-electron chi connectivity index (χ0n) is 8.38. The summed E-state index contributed by atoms with van der Waals surface area (Å²) in [7, 11) is 0. The highest BCUT2D eigenvalue weighted by Gasteiger charge is 2.39. The number of nitrogens with zero attached hydrogens (tertiary/aromatic N) is 1. The molecule has 80 valence electrons. The number of halogens is 1. The molecule has 1 aromatic rings. The molecule has 5 heteroatoms. The Bertz CT molecular complexity index is 415. The van der Waals surface area contributed by atoms with Gasteiger partial charge < -0.3 is 11.1 Å². The Morgan fingerprint density at radius 1 is 1.67 bits per heavy atom. The van der Waals surface area contributed by atoms with Gasteiger partial charge >= 0.3 is 0 Å². The van der Waals surface area contributed by atoms with E-state index >= 15 is 0 Å². The van der Waals surface area contributed by atoms with Crippen molar-refractivity contribution in [2.75, 3.05) is 5.73 Å². The van der Waals surface area contributed by atoms with Crippen LogP contribution in [0, 0.1) is 0 Å². The van der Waals surface area contributed by atoms with Crippen LogP contribution in [-0.4, -0.2) is 16.4 Å². The number of pyridine rings is 1. The Labute approximate surface area is 92.8 Å². The molecule has 0 unspecified atom stereocenters. The lowest BCUT2D eigenvalue weighted by Crippen LogP contribution is -2.34. The van der Waals surface area contributed by atoms with Crippen LogP contribution in [0.15, 0.2) is 12.3 Å². The van der Waals surface area contributed by atoms with E-state index in [0.717, 1.165) is 12.8 Å². The lowest BCUT2D eigenvalue weighted by atomic mass is 10.2. The SMILES string of the molecule is CC1(NC(=O)c2cc(N)ncc2Cl)CC1. The summed E-state index contributed by atoms with van der Waals surface area (Å²) in [4.78, 5) is 15.6. The number of nitrogens with two attached hydrogens (primary N) is 1. The Hall–Kier alpha value is -1.29. The first-order valence-electron chi connectivity index (χ1n) is 4.74. The van der Waals surface area contributed by atoms with E-state index in [9.17, 15) is 4.79 Å². The summed E-state index contributed by atoms with van der Waals surface area (Å²) < 4.78 is 0. The number of hydrogen-bond donors (Lipinski definition) is 2. The van der Waals surface area contributed by atoms with Crippen molar-refractivity contribution in [1.29, 1.82) is 0 Å². The zero-order chi connectivity index (χ0) is 11.1. The summed E-state index contributed by atoms with van der Waals surface area (Å²) in [6, 6.07) is 1.49. The number of aromatic nitrogens is 1. The smallest absolute Gasteiger partial charge is 0.253 e. The minimum atomic E-state index is -0.186. The number of amides is 1. The lowest BCUT2D eigenvalue weighted by Gasteiger charge is -2.12. The summed E-state index contributed by atoms with van der Waals surface area (Å²) in [6.07, 6.45) is 3.41. The highest BCUT2D eigenvalue weighted by atomic mass is 35.5. The standard InChI is InChI=1S/C10H12ClN3O/c1-10(2-3-10)14-9(15)6-4-8(12)13-5-7(6)11/h4-5H,2-3H2,1H3,(H2,12,13)(H,14,15). The molecule has 4 nitrogen and oxygen atoms in total. The minimum absolute atomic E-state index is 0.0571. The molecule has 1 saturated carbocycles. The normalized spacial score (nSPS) is 17.2. The first kappa shape index (κ1) is 10.2. The third kappa shape index (κ3) is 2.21. The molecule has 1 amide bonds. The average molecular weight is 226 g/mol.